The van der Waals surface area contributed by atoms with Crippen LogP contribution in [0.4, 0.5) is 0 Å². The Kier molecular flexibility index (Phi) is 4.78. The number of carbonyl (C=O) groups is 1. The second-order valence-electron chi connectivity index (χ2n) is 6.87. The van der Waals surface area contributed by atoms with Crippen molar-refractivity contribution in [1.29, 1.82) is 0 Å². The van der Waals surface area contributed by atoms with Gasteiger partial charge in [0.25, 0.3) is 0 Å². The minimum absolute atomic E-state index is 0.288. The monoisotopic (exact) mass is 349 g/mol. The number of likely N-dealkylation sites (tertiary alicyclic amines) is 1. The van der Waals surface area contributed by atoms with Crippen molar-refractivity contribution < 1.29 is 4.79 Å². The molecule has 0 N–H and O–H groups in total. The molecule has 1 fully saturated rings. The Hall–Kier alpha value is -1.84. The average molecular weight is 349 g/mol. The van der Waals surface area contributed by atoms with Crippen LogP contribution in [0.15, 0.2) is 63.9 Å². The predicted molar refractivity (Wildman–Crippen MR) is 104 cm³/mol. The van der Waals surface area contributed by atoms with Gasteiger partial charge in [-0.2, -0.15) is 0 Å². The smallest absolute Gasteiger partial charge is 0.131 e. The molecule has 0 atom stereocenters. The highest BCUT2D eigenvalue weighted by atomic mass is 32.2. The molecule has 1 saturated heterocycles. The molecule has 3 heteroatoms. The van der Waals surface area contributed by atoms with Gasteiger partial charge >= 0.3 is 0 Å². The van der Waals surface area contributed by atoms with E-state index in [0.29, 0.717) is 6.42 Å². The van der Waals surface area contributed by atoms with E-state index in [1.54, 1.807) is 12.5 Å². The summed E-state index contributed by atoms with van der Waals surface area (Å²) in [5.74, 6) is 0.288. The predicted octanol–water partition coefficient (Wildman–Crippen LogP) is 5.03. The van der Waals surface area contributed by atoms with Gasteiger partial charge in [0.15, 0.2) is 0 Å². The van der Waals surface area contributed by atoms with Gasteiger partial charge in [0.05, 0.1) is 0 Å². The van der Waals surface area contributed by atoms with Crippen LogP contribution in [0.1, 0.15) is 37.3 Å². The fraction of sp³-hybridized carbons (Fsp3) is 0.318. The molecular weight excluding hydrogens is 326 g/mol. The van der Waals surface area contributed by atoms with E-state index in [2.05, 4.69) is 53.4 Å². The molecule has 25 heavy (non-hydrogen) atoms. The summed E-state index contributed by atoms with van der Waals surface area (Å²) < 4.78 is 0. The Morgan fingerprint density at radius 2 is 1.52 bits per heavy atom. The summed E-state index contributed by atoms with van der Waals surface area (Å²) in [6, 6.07) is 17.6. The first-order chi connectivity index (χ1) is 12.2. The van der Waals surface area contributed by atoms with Gasteiger partial charge in [-0.15, -0.1) is 0 Å². The van der Waals surface area contributed by atoms with Crippen LogP contribution in [0.3, 0.4) is 0 Å². The number of nitrogens with zero attached hydrogens (tertiary/aromatic N) is 1. The summed E-state index contributed by atoms with van der Waals surface area (Å²) in [5.41, 5.74) is 5.80. The fourth-order valence-corrected chi connectivity index (χ4v) is 4.87. The highest BCUT2D eigenvalue weighted by Crippen LogP contribution is 2.47. The minimum Gasteiger partial charge on any atom is -0.302 e. The van der Waals surface area contributed by atoms with Crippen molar-refractivity contribution in [2.45, 2.75) is 36.0 Å². The summed E-state index contributed by atoms with van der Waals surface area (Å²) in [6.45, 7) is 4.71. The van der Waals surface area contributed by atoms with Crippen LogP contribution in [0.25, 0.3) is 5.57 Å². The molecule has 0 radical (unpaired) electrons. The summed E-state index contributed by atoms with van der Waals surface area (Å²) >= 11 is 1.88. The zero-order valence-electron chi connectivity index (χ0n) is 14.6. The highest BCUT2D eigenvalue weighted by molar-refractivity contribution is 7.99. The number of ketones is 1. The van der Waals surface area contributed by atoms with Gasteiger partial charge in [-0.05, 0) is 48.6 Å². The number of fused-ring (bicyclic) bond motifs is 2. The second kappa shape index (κ2) is 7.19. The molecule has 0 bridgehead atoms. The van der Waals surface area contributed by atoms with Crippen molar-refractivity contribution in [2.75, 3.05) is 19.6 Å². The normalized spacial score (nSPS) is 17.2. The maximum atomic E-state index is 11.2. The van der Waals surface area contributed by atoms with Gasteiger partial charge < -0.3 is 4.90 Å². The van der Waals surface area contributed by atoms with E-state index in [0.717, 1.165) is 32.5 Å². The van der Waals surface area contributed by atoms with Crippen LogP contribution in [-0.2, 0) is 4.79 Å². The highest BCUT2D eigenvalue weighted by Gasteiger charge is 2.25. The van der Waals surface area contributed by atoms with E-state index in [4.69, 9.17) is 0 Å². The summed E-state index contributed by atoms with van der Waals surface area (Å²) in [6.07, 6.45) is 2.87. The maximum absolute atomic E-state index is 11.2. The van der Waals surface area contributed by atoms with Crippen LogP contribution in [-0.4, -0.2) is 30.3 Å². The Morgan fingerprint density at radius 1 is 0.960 bits per heavy atom. The number of benzene rings is 2. The molecular formula is C22H23NOS. The molecule has 128 valence electrons. The molecule has 2 aromatic rings. The van der Waals surface area contributed by atoms with Crippen molar-refractivity contribution in [3.05, 3.63) is 65.2 Å². The Morgan fingerprint density at radius 3 is 2.08 bits per heavy atom. The lowest BCUT2D eigenvalue weighted by molar-refractivity contribution is -0.117. The lowest BCUT2D eigenvalue weighted by Gasteiger charge is -2.32. The van der Waals surface area contributed by atoms with Gasteiger partial charge in [-0.3, -0.25) is 4.79 Å². The van der Waals surface area contributed by atoms with E-state index >= 15 is 0 Å². The van der Waals surface area contributed by atoms with Gasteiger partial charge in [0.1, 0.15) is 5.78 Å². The number of hydrogen-bond acceptors (Lipinski definition) is 3. The first-order valence-electron chi connectivity index (χ1n) is 9.03. The molecule has 2 heterocycles. The Bertz CT molecular complexity index is 782. The van der Waals surface area contributed by atoms with Crippen LogP contribution >= 0.6 is 11.8 Å². The molecule has 2 nitrogen and oxygen atoms in total. The molecule has 0 unspecified atom stereocenters. The second-order valence-corrected chi connectivity index (χ2v) is 7.95. The van der Waals surface area contributed by atoms with Gasteiger partial charge in [0, 0.05) is 35.8 Å². The first kappa shape index (κ1) is 16.6. The molecule has 0 aromatic heterocycles. The van der Waals surface area contributed by atoms with Crippen molar-refractivity contribution >= 4 is 23.1 Å². The van der Waals surface area contributed by atoms with Crippen molar-refractivity contribution in [3.8, 4) is 0 Å². The van der Waals surface area contributed by atoms with Crippen LogP contribution < -0.4 is 0 Å². The van der Waals surface area contributed by atoms with E-state index in [1.807, 2.05) is 11.8 Å². The number of carbonyl (C=O) groups excluding carboxylic acids is 1. The van der Waals surface area contributed by atoms with E-state index in [9.17, 15) is 4.79 Å². The standard InChI is InChI=1S/C22H23NOS/c1-16(24)10-13-23-14-11-17(12-15-23)22-18-6-2-4-8-20(18)25-21-9-5-3-7-19(21)22/h2-9H,10-15H2,1H3. The molecule has 2 aromatic carbocycles. The molecule has 0 amide bonds. The van der Waals surface area contributed by atoms with Gasteiger partial charge in [-0.1, -0.05) is 53.7 Å². The molecule has 2 aliphatic heterocycles. The topological polar surface area (TPSA) is 20.3 Å². The summed E-state index contributed by atoms with van der Waals surface area (Å²) in [4.78, 5) is 16.4. The minimum atomic E-state index is 0.288. The van der Waals surface area contributed by atoms with Gasteiger partial charge in [-0.25, -0.2) is 0 Å². The SMILES string of the molecule is CC(=O)CCN1CCC(=C2c3ccccc3Sc3ccccc32)CC1. The number of Topliss-reactive ketones (excluding diaryl/α,β-unsaturated/α-hetero) is 1. The third-order valence-electron chi connectivity index (χ3n) is 5.13. The Labute approximate surface area is 153 Å². The zero-order chi connectivity index (χ0) is 17.2. The van der Waals surface area contributed by atoms with E-state index in [1.165, 1.54) is 26.5 Å². The molecule has 0 saturated carbocycles. The average Bonchev–Trinajstić information content (AvgIpc) is 2.65. The molecule has 2 aliphatic rings. The largest absolute Gasteiger partial charge is 0.302 e. The summed E-state index contributed by atoms with van der Waals surface area (Å²) in [5, 5.41) is 0. The zero-order valence-corrected chi connectivity index (χ0v) is 15.4. The number of piperidine rings is 1. The lowest BCUT2D eigenvalue weighted by Crippen LogP contribution is -2.32. The van der Waals surface area contributed by atoms with Crippen LogP contribution in [0.2, 0.25) is 0 Å². The quantitative estimate of drug-likeness (QED) is 0.661. The summed E-state index contributed by atoms with van der Waals surface area (Å²) in [7, 11) is 0. The molecule has 0 aliphatic carbocycles. The lowest BCUT2D eigenvalue weighted by atomic mass is 9.88. The van der Waals surface area contributed by atoms with Crippen molar-refractivity contribution in [1.82, 2.24) is 4.90 Å². The molecule has 4 rings (SSSR count). The fourth-order valence-electron chi connectivity index (χ4n) is 3.78. The number of hydrogen-bond donors (Lipinski definition) is 0. The van der Waals surface area contributed by atoms with Crippen LogP contribution in [0, 0.1) is 0 Å². The Balaban J connectivity index is 1.66. The van der Waals surface area contributed by atoms with E-state index < -0.39 is 0 Å². The van der Waals surface area contributed by atoms with E-state index in [-0.39, 0.29) is 5.78 Å². The third kappa shape index (κ3) is 3.44. The number of rotatable bonds is 3. The van der Waals surface area contributed by atoms with Gasteiger partial charge in [0.2, 0.25) is 0 Å². The molecule has 0 spiro atoms. The van der Waals surface area contributed by atoms with Crippen LogP contribution in [0.5, 0.6) is 0 Å². The van der Waals surface area contributed by atoms with Crippen molar-refractivity contribution in [2.24, 2.45) is 0 Å². The maximum Gasteiger partial charge on any atom is 0.131 e. The van der Waals surface area contributed by atoms with Crippen molar-refractivity contribution in [3.63, 3.8) is 0 Å². The first-order valence-corrected chi connectivity index (χ1v) is 9.84. The third-order valence-corrected chi connectivity index (χ3v) is 6.28.